The molecule has 1 aromatic rings. The minimum atomic E-state index is -0.220. The van der Waals surface area contributed by atoms with Crippen molar-refractivity contribution in [2.45, 2.75) is 44.4 Å². The van der Waals surface area contributed by atoms with Crippen molar-refractivity contribution >= 4 is 0 Å². The van der Waals surface area contributed by atoms with E-state index in [0.717, 1.165) is 31.4 Å². The molecule has 100 valence electrons. The Morgan fingerprint density at radius 3 is 3.06 bits per heavy atom. The first-order chi connectivity index (χ1) is 8.72. The number of β-amino-alcohol motifs (C(OH)–C–C–N with tert-alkyl or cyclic N) is 1. The molecule has 2 heterocycles. The van der Waals surface area contributed by atoms with E-state index in [1.165, 1.54) is 0 Å². The smallest absolute Gasteiger partial charge is 0.0667 e. The number of aliphatic hydroxyl groups excluding tert-OH is 1. The summed E-state index contributed by atoms with van der Waals surface area (Å²) in [7, 11) is 0. The van der Waals surface area contributed by atoms with Gasteiger partial charge in [-0.3, -0.25) is 9.88 Å². The lowest BCUT2D eigenvalue weighted by Crippen LogP contribution is -2.47. The highest BCUT2D eigenvalue weighted by atomic mass is 16.3. The van der Waals surface area contributed by atoms with Crippen molar-refractivity contribution in [3.8, 4) is 0 Å². The van der Waals surface area contributed by atoms with E-state index < -0.39 is 0 Å². The average Bonchev–Trinajstić information content (AvgIpc) is 2.40. The number of hydrogen-bond donors (Lipinski definition) is 2. The first kappa shape index (κ1) is 13.5. The second-order valence-corrected chi connectivity index (χ2v) is 5.09. The molecule has 3 unspecified atom stereocenters. The molecule has 0 amide bonds. The van der Waals surface area contributed by atoms with Crippen LogP contribution in [-0.4, -0.2) is 40.2 Å². The zero-order chi connectivity index (χ0) is 13.0. The van der Waals surface area contributed by atoms with Crippen molar-refractivity contribution in [3.63, 3.8) is 0 Å². The van der Waals surface area contributed by atoms with Crippen molar-refractivity contribution < 1.29 is 5.11 Å². The highest BCUT2D eigenvalue weighted by Crippen LogP contribution is 2.27. The molecule has 1 aromatic heterocycles. The Hall–Kier alpha value is -0.970. The van der Waals surface area contributed by atoms with Crippen molar-refractivity contribution in [1.82, 2.24) is 9.88 Å². The van der Waals surface area contributed by atoms with Gasteiger partial charge in [0.05, 0.1) is 12.1 Å². The van der Waals surface area contributed by atoms with E-state index in [2.05, 4.69) is 22.9 Å². The van der Waals surface area contributed by atoms with Gasteiger partial charge in [0.2, 0.25) is 0 Å². The first-order valence-corrected chi connectivity index (χ1v) is 6.80. The molecule has 4 nitrogen and oxygen atoms in total. The molecule has 3 N–H and O–H groups in total. The summed E-state index contributed by atoms with van der Waals surface area (Å²) >= 11 is 0. The van der Waals surface area contributed by atoms with Crippen LogP contribution in [0.25, 0.3) is 0 Å². The van der Waals surface area contributed by atoms with Gasteiger partial charge in [-0.25, -0.2) is 0 Å². The molecular weight excluding hydrogens is 226 g/mol. The lowest BCUT2D eigenvalue weighted by Gasteiger charge is -2.39. The topological polar surface area (TPSA) is 62.4 Å². The molecular formula is C14H23N3O. The fourth-order valence-corrected chi connectivity index (χ4v) is 2.74. The Bertz CT molecular complexity index is 357. The second kappa shape index (κ2) is 6.27. The van der Waals surface area contributed by atoms with E-state index in [-0.39, 0.29) is 18.2 Å². The molecule has 18 heavy (non-hydrogen) atoms. The van der Waals surface area contributed by atoms with E-state index in [0.29, 0.717) is 6.54 Å². The molecule has 0 radical (unpaired) electrons. The van der Waals surface area contributed by atoms with E-state index in [1.54, 1.807) is 6.20 Å². The van der Waals surface area contributed by atoms with Gasteiger partial charge in [-0.2, -0.15) is 0 Å². The average molecular weight is 249 g/mol. The fraction of sp³-hybridized carbons (Fsp3) is 0.643. The molecule has 3 atom stereocenters. The number of hydrogen-bond acceptors (Lipinski definition) is 4. The monoisotopic (exact) mass is 249 g/mol. The third-order valence-electron chi connectivity index (χ3n) is 3.72. The zero-order valence-corrected chi connectivity index (χ0v) is 11.0. The van der Waals surface area contributed by atoms with Crippen LogP contribution < -0.4 is 5.73 Å². The number of rotatable bonds is 4. The standard InChI is InChI=1S/C14H23N3O/c1-2-13(15)14(11-5-3-7-16-9-11)17-8-4-6-12(18)10-17/h3,5,7,9,12-14,18H,2,4,6,8,10,15H2,1H3. The predicted molar refractivity (Wildman–Crippen MR) is 72.1 cm³/mol. The fourth-order valence-electron chi connectivity index (χ4n) is 2.74. The van der Waals surface area contributed by atoms with Crippen molar-refractivity contribution in [3.05, 3.63) is 30.1 Å². The predicted octanol–water partition coefficient (Wildman–Crippen LogP) is 1.32. The van der Waals surface area contributed by atoms with Crippen LogP contribution in [0.5, 0.6) is 0 Å². The van der Waals surface area contributed by atoms with Gasteiger partial charge >= 0.3 is 0 Å². The van der Waals surface area contributed by atoms with Gasteiger partial charge < -0.3 is 10.8 Å². The minimum absolute atomic E-state index is 0.0829. The zero-order valence-electron chi connectivity index (χ0n) is 11.0. The summed E-state index contributed by atoms with van der Waals surface area (Å²) in [6.45, 7) is 3.83. The Morgan fingerprint density at radius 2 is 2.44 bits per heavy atom. The summed E-state index contributed by atoms with van der Waals surface area (Å²) < 4.78 is 0. The van der Waals surface area contributed by atoms with E-state index in [9.17, 15) is 5.11 Å². The first-order valence-electron chi connectivity index (χ1n) is 6.80. The number of nitrogens with two attached hydrogens (primary N) is 1. The van der Waals surface area contributed by atoms with Crippen LogP contribution in [0.15, 0.2) is 24.5 Å². The van der Waals surface area contributed by atoms with E-state index in [4.69, 9.17) is 5.73 Å². The summed E-state index contributed by atoms with van der Waals surface area (Å²) in [4.78, 5) is 6.50. The molecule has 4 heteroatoms. The number of likely N-dealkylation sites (tertiary alicyclic amines) is 1. The molecule has 2 rings (SSSR count). The summed E-state index contributed by atoms with van der Waals surface area (Å²) in [5.41, 5.74) is 7.43. The summed E-state index contributed by atoms with van der Waals surface area (Å²) in [5.74, 6) is 0. The summed E-state index contributed by atoms with van der Waals surface area (Å²) in [6, 6.07) is 4.28. The van der Waals surface area contributed by atoms with Crippen molar-refractivity contribution in [2.24, 2.45) is 5.73 Å². The van der Waals surface area contributed by atoms with Crippen LogP contribution in [0, 0.1) is 0 Å². The number of aliphatic hydroxyl groups is 1. The maximum atomic E-state index is 9.83. The number of aromatic nitrogens is 1. The Labute approximate surface area is 109 Å². The quantitative estimate of drug-likeness (QED) is 0.844. The van der Waals surface area contributed by atoms with Gasteiger partial charge in [0, 0.05) is 25.0 Å². The van der Waals surface area contributed by atoms with Gasteiger partial charge in [-0.1, -0.05) is 13.0 Å². The molecule has 0 saturated carbocycles. The van der Waals surface area contributed by atoms with Gasteiger partial charge in [0.15, 0.2) is 0 Å². The maximum absolute atomic E-state index is 9.83. The maximum Gasteiger partial charge on any atom is 0.0667 e. The number of nitrogens with zero attached hydrogens (tertiary/aromatic N) is 2. The number of piperidine rings is 1. The van der Waals surface area contributed by atoms with E-state index in [1.807, 2.05) is 12.3 Å². The molecule has 0 spiro atoms. The molecule has 1 aliphatic rings. The molecule has 0 aliphatic carbocycles. The molecule has 1 aliphatic heterocycles. The molecule has 1 saturated heterocycles. The SMILES string of the molecule is CCC(N)C(c1cccnc1)N1CCCC(O)C1. The number of pyridine rings is 1. The van der Waals surface area contributed by atoms with Crippen LogP contribution in [-0.2, 0) is 0 Å². The van der Waals surface area contributed by atoms with Crippen LogP contribution in [0.4, 0.5) is 0 Å². The molecule has 1 fully saturated rings. The highest BCUT2D eigenvalue weighted by molar-refractivity contribution is 5.16. The summed E-state index contributed by atoms with van der Waals surface area (Å²) in [6.07, 6.45) is 6.31. The van der Waals surface area contributed by atoms with Gasteiger partial charge in [-0.05, 0) is 37.4 Å². The Balaban J connectivity index is 2.20. The van der Waals surface area contributed by atoms with Crippen molar-refractivity contribution in [2.75, 3.05) is 13.1 Å². The third kappa shape index (κ3) is 3.07. The van der Waals surface area contributed by atoms with Crippen LogP contribution in [0.3, 0.4) is 0 Å². The minimum Gasteiger partial charge on any atom is -0.392 e. The molecule has 0 bridgehead atoms. The van der Waals surface area contributed by atoms with E-state index >= 15 is 0 Å². The Morgan fingerprint density at radius 1 is 1.61 bits per heavy atom. The third-order valence-corrected chi connectivity index (χ3v) is 3.72. The molecule has 0 aromatic carbocycles. The van der Waals surface area contributed by atoms with Crippen LogP contribution >= 0.6 is 0 Å². The Kier molecular flexibility index (Phi) is 4.69. The highest BCUT2D eigenvalue weighted by Gasteiger charge is 2.29. The lowest BCUT2D eigenvalue weighted by atomic mass is 9.95. The lowest BCUT2D eigenvalue weighted by molar-refractivity contribution is 0.0384. The summed E-state index contributed by atoms with van der Waals surface area (Å²) in [5, 5.41) is 9.83. The normalized spacial score (nSPS) is 24.7. The van der Waals surface area contributed by atoms with Crippen LogP contribution in [0.2, 0.25) is 0 Å². The van der Waals surface area contributed by atoms with Crippen LogP contribution in [0.1, 0.15) is 37.8 Å². The van der Waals surface area contributed by atoms with Crippen molar-refractivity contribution in [1.29, 1.82) is 0 Å². The van der Waals surface area contributed by atoms with Gasteiger partial charge in [0.1, 0.15) is 0 Å². The second-order valence-electron chi connectivity index (χ2n) is 5.09. The largest absolute Gasteiger partial charge is 0.392 e. The van der Waals surface area contributed by atoms with Gasteiger partial charge in [0.25, 0.3) is 0 Å². The van der Waals surface area contributed by atoms with Gasteiger partial charge in [-0.15, -0.1) is 0 Å².